The highest BCUT2D eigenvalue weighted by molar-refractivity contribution is 5.96. The van der Waals surface area contributed by atoms with Crippen LogP contribution < -0.4 is 5.32 Å². The first kappa shape index (κ1) is 37.7. The third-order valence-electron chi connectivity index (χ3n) is 11.1. The minimum atomic E-state index is -1.39. The Morgan fingerprint density at radius 3 is 2.51 bits per heavy atom. The molecule has 7 atom stereocenters. The highest BCUT2D eigenvalue weighted by atomic mass is 16.8. The van der Waals surface area contributed by atoms with Crippen LogP contribution in [-0.4, -0.2) is 113 Å². The number of fused-ring (bicyclic) bond motifs is 4. The second-order valence-electron chi connectivity index (χ2n) is 14.5. The molecule has 13 nitrogen and oxygen atoms in total. The molecule has 1 saturated carbocycles. The molecule has 51 heavy (non-hydrogen) atoms. The fourth-order valence-corrected chi connectivity index (χ4v) is 8.77. The lowest BCUT2D eigenvalue weighted by molar-refractivity contribution is -0.225. The molecule has 2 amide bonds. The van der Waals surface area contributed by atoms with Gasteiger partial charge in [0.15, 0.2) is 11.8 Å². The summed E-state index contributed by atoms with van der Waals surface area (Å²) < 4.78 is 25.5. The number of aliphatic hydroxyl groups excluding tert-OH is 2. The first-order chi connectivity index (χ1) is 24.8. The maximum atomic E-state index is 15.2. The monoisotopic (exact) mass is 713 g/mol. The van der Waals surface area contributed by atoms with Crippen molar-refractivity contribution in [1.29, 1.82) is 0 Å². The number of benzene rings is 1. The lowest BCUT2D eigenvalue weighted by Gasteiger charge is -2.50. The van der Waals surface area contributed by atoms with E-state index in [0.717, 1.165) is 49.7 Å². The van der Waals surface area contributed by atoms with Crippen LogP contribution in [-0.2, 0) is 44.7 Å². The number of hydroxylamine groups is 2. The zero-order valence-electron chi connectivity index (χ0n) is 30.0. The zero-order chi connectivity index (χ0) is 36.0. The lowest BCUT2D eigenvalue weighted by Crippen LogP contribution is -2.70. The van der Waals surface area contributed by atoms with E-state index in [1.165, 1.54) is 6.26 Å². The molecule has 1 aromatic rings. The number of hydrogen-bond donors (Lipinski definition) is 3. The molecule has 0 radical (unpaired) electrons. The van der Waals surface area contributed by atoms with Crippen LogP contribution in [0.15, 0.2) is 30.5 Å². The number of aliphatic hydroxyl groups is 2. The van der Waals surface area contributed by atoms with E-state index in [1.54, 1.807) is 16.0 Å². The van der Waals surface area contributed by atoms with Gasteiger partial charge in [-0.15, -0.1) is 0 Å². The van der Waals surface area contributed by atoms with E-state index in [2.05, 4.69) is 19.2 Å². The number of nitrogens with zero attached hydrogens (tertiary/aromatic N) is 2. The normalized spacial score (nSPS) is 30.8. The summed E-state index contributed by atoms with van der Waals surface area (Å²) in [5.74, 6) is -2.08. The maximum Gasteiger partial charge on any atom is 0.327 e. The summed E-state index contributed by atoms with van der Waals surface area (Å²) in [5, 5.41) is 22.8. The third kappa shape index (κ3) is 7.43. The summed E-state index contributed by atoms with van der Waals surface area (Å²) in [5.41, 5.74) is 0.261. The van der Waals surface area contributed by atoms with Crippen molar-refractivity contribution in [3.8, 4) is 0 Å². The van der Waals surface area contributed by atoms with Crippen molar-refractivity contribution >= 4 is 23.9 Å². The predicted molar refractivity (Wildman–Crippen MR) is 185 cm³/mol. The second kappa shape index (κ2) is 16.7. The molecule has 13 heteroatoms. The number of esters is 1. The van der Waals surface area contributed by atoms with Gasteiger partial charge in [0.05, 0.1) is 26.0 Å². The van der Waals surface area contributed by atoms with Gasteiger partial charge in [0.2, 0.25) is 11.8 Å². The summed E-state index contributed by atoms with van der Waals surface area (Å²) in [6.07, 6.45) is 9.11. The van der Waals surface area contributed by atoms with Gasteiger partial charge in [-0.1, -0.05) is 63.8 Å². The second-order valence-corrected chi connectivity index (χ2v) is 14.5. The van der Waals surface area contributed by atoms with E-state index in [4.69, 9.17) is 28.9 Å². The number of amides is 2. The third-order valence-corrected chi connectivity index (χ3v) is 11.1. The van der Waals surface area contributed by atoms with E-state index in [9.17, 15) is 14.7 Å². The molecule has 0 aromatic heterocycles. The summed E-state index contributed by atoms with van der Waals surface area (Å²) >= 11 is 0. The van der Waals surface area contributed by atoms with Crippen LogP contribution in [0.4, 0.5) is 0 Å². The highest BCUT2D eigenvalue weighted by Crippen LogP contribution is 2.59. The molecule has 0 spiro atoms. The van der Waals surface area contributed by atoms with Crippen molar-refractivity contribution in [2.24, 2.45) is 5.41 Å². The van der Waals surface area contributed by atoms with Gasteiger partial charge < -0.3 is 39.4 Å². The molecule has 4 heterocycles. The molecular formula is C38H55N3O10. The van der Waals surface area contributed by atoms with E-state index < -0.39 is 53.7 Å². The Morgan fingerprint density at radius 2 is 1.78 bits per heavy atom. The molecule has 1 aromatic carbocycles. The van der Waals surface area contributed by atoms with Gasteiger partial charge in [0.25, 0.3) is 0 Å². The van der Waals surface area contributed by atoms with Gasteiger partial charge in [-0.05, 0) is 42.9 Å². The topological polar surface area (TPSA) is 156 Å². The van der Waals surface area contributed by atoms with Crippen molar-refractivity contribution in [3.63, 3.8) is 0 Å². The number of carbonyl (C=O) groups excluding carboxylic acids is 3. The van der Waals surface area contributed by atoms with Crippen molar-refractivity contribution in [2.45, 2.75) is 133 Å². The Bertz CT molecular complexity index is 1400. The SMILES string of the molecule is CCCCCC1(CCCCC)O[C@@H]2[C@H](O1)[C@H]1ON(Cc3ccccc3C=COCCO)[C@H]3C(=O)O[C@@H]2C[C@@]13C(=O)N1CCC[C@@H]1C(=O)NCCO. The number of ether oxygens (including phenoxy) is 4. The predicted octanol–water partition coefficient (Wildman–Crippen LogP) is 3.21. The van der Waals surface area contributed by atoms with Gasteiger partial charge in [0.1, 0.15) is 42.5 Å². The molecule has 282 valence electrons. The van der Waals surface area contributed by atoms with Crippen LogP contribution in [0.5, 0.6) is 0 Å². The summed E-state index contributed by atoms with van der Waals surface area (Å²) in [7, 11) is 0. The Labute approximate surface area is 300 Å². The molecule has 4 saturated heterocycles. The number of rotatable bonds is 18. The fourth-order valence-electron chi connectivity index (χ4n) is 8.77. The highest BCUT2D eigenvalue weighted by Gasteiger charge is 2.77. The van der Waals surface area contributed by atoms with Gasteiger partial charge in [-0.2, -0.15) is 5.06 Å². The van der Waals surface area contributed by atoms with E-state index in [-0.39, 0.29) is 51.1 Å². The molecule has 1 aliphatic carbocycles. The van der Waals surface area contributed by atoms with Gasteiger partial charge in [0, 0.05) is 32.4 Å². The molecule has 4 aliphatic heterocycles. The van der Waals surface area contributed by atoms with Crippen molar-refractivity contribution in [1.82, 2.24) is 15.3 Å². The van der Waals surface area contributed by atoms with Crippen LogP contribution in [0, 0.1) is 5.41 Å². The minimum absolute atomic E-state index is 0.0883. The van der Waals surface area contributed by atoms with Crippen LogP contribution in [0.3, 0.4) is 0 Å². The average molecular weight is 714 g/mol. The Kier molecular flexibility index (Phi) is 12.4. The number of carbonyl (C=O) groups is 3. The van der Waals surface area contributed by atoms with Gasteiger partial charge in [-0.25, -0.2) is 0 Å². The van der Waals surface area contributed by atoms with Gasteiger partial charge >= 0.3 is 5.97 Å². The van der Waals surface area contributed by atoms with Crippen LogP contribution in [0.2, 0.25) is 0 Å². The average Bonchev–Trinajstić information content (AvgIpc) is 3.86. The number of likely N-dealkylation sites (tertiary alicyclic amines) is 1. The van der Waals surface area contributed by atoms with E-state index >= 15 is 4.79 Å². The van der Waals surface area contributed by atoms with Crippen molar-refractivity contribution < 1.29 is 48.4 Å². The molecule has 5 aliphatic rings. The smallest absolute Gasteiger partial charge is 0.327 e. The number of nitrogens with one attached hydrogen (secondary N) is 1. The fraction of sp³-hybridized carbons (Fsp3) is 0.711. The summed E-state index contributed by atoms with van der Waals surface area (Å²) in [6, 6.07) is 5.81. The minimum Gasteiger partial charge on any atom is -0.499 e. The summed E-state index contributed by atoms with van der Waals surface area (Å²) in [4.78, 5) is 51.2. The Balaban J connectivity index is 1.38. The standard InChI is InChI=1S/C38H55N3O10/c1-3-5-9-16-37(17-10-6-4-2)49-30-29-24-38(36(46)40-19-11-14-28(40)34(44)39-18-20-42)32(35(45)48-29)41(51-33(38)31(30)50-37)25-27-13-8-7-12-26(27)15-22-47-23-21-43/h7-8,12-13,15,22,28-33,42-43H,3-6,9-11,14,16-21,23-25H2,1-2H3,(H,39,44)/t28-,29-,30+,31+,32+,33-,38+/m1/s1. The Hall–Kier alpha value is -3.07. The van der Waals surface area contributed by atoms with Crippen LogP contribution in [0.1, 0.15) is 95.6 Å². The quantitative estimate of drug-likeness (QED) is 0.117. The summed E-state index contributed by atoms with van der Waals surface area (Å²) in [6.45, 7) is 4.77. The van der Waals surface area contributed by atoms with E-state index in [1.807, 2.05) is 24.3 Å². The lowest BCUT2D eigenvalue weighted by atomic mass is 9.62. The Morgan fingerprint density at radius 1 is 1.04 bits per heavy atom. The molecule has 2 bridgehead atoms. The number of unbranched alkanes of at least 4 members (excludes halogenated alkanes) is 4. The maximum absolute atomic E-state index is 15.2. The number of hydrogen-bond acceptors (Lipinski definition) is 11. The molecule has 0 unspecified atom stereocenters. The molecular weight excluding hydrogens is 658 g/mol. The molecule has 5 fully saturated rings. The molecule has 6 rings (SSSR count). The largest absolute Gasteiger partial charge is 0.499 e. The van der Waals surface area contributed by atoms with Crippen LogP contribution >= 0.6 is 0 Å². The first-order valence-corrected chi connectivity index (χ1v) is 19.0. The van der Waals surface area contributed by atoms with Gasteiger partial charge in [-0.3, -0.25) is 19.2 Å². The zero-order valence-corrected chi connectivity index (χ0v) is 30.0. The van der Waals surface area contributed by atoms with E-state index in [0.29, 0.717) is 32.2 Å². The molecule has 3 N–H and O–H groups in total. The van der Waals surface area contributed by atoms with Crippen molar-refractivity contribution in [3.05, 3.63) is 41.7 Å². The van der Waals surface area contributed by atoms with Crippen LogP contribution in [0.25, 0.3) is 6.08 Å². The van der Waals surface area contributed by atoms with Crippen molar-refractivity contribution in [2.75, 3.05) is 32.9 Å². The first-order valence-electron chi connectivity index (χ1n) is 19.0.